The van der Waals surface area contributed by atoms with Crippen LogP contribution in [0.15, 0.2) is 47.6 Å². The number of rotatable bonds is 8. The number of benzene rings is 2. The third-order valence-electron chi connectivity index (χ3n) is 4.02. The Kier molecular flexibility index (Phi) is 7.09. The third-order valence-corrected chi connectivity index (χ3v) is 4.02. The fourth-order valence-corrected chi connectivity index (χ4v) is 2.63. The second-order valence-electron chi connectivity index (χ2n) is 6.43. The first-order valence-corrected chi connectivity index (χ1v) is 9.32. The quantitative estimate of drug-likeness (QED) is 0.508. The van der Waals surface area contributed by atoms with Gasteiger partial charge in [-0.25, -0.2) is 5.43 Å². The van der Waals surface area contributed by atoms with E-state index in [1.165, 1.54) is 0 Å². The van der Waals surface area contributed by atoms with Gasteiger partial charge >= 0.3 is 0 Å². The summed E-state index contributed by atoms with van der Waals surface area (Å²) in [6.07, 6.45) is 0.0193. The van der Waals surface area contributed by atoms with Crippen LogP contribution in [0.25, 0.3) is 0 Å². The summed E-state index contributed by atoms with van der Waals surface area (Å²) in [4.78, 5) is 24.1. The lowest BCUT2D eigenvalue weighted by Crippen LogP contribution is -2.26. The van der Waals surface area contributed by atoms with Gasteiger partial charge in [-0.05, 0) is 31.2 Å². The molecule has 1 aliphatic rings. The highest BCUT2D eigenvalue weighted by molar-refractivity contribution is 6.05. The molecule has 2 N–H and O–H groups in total. The fraction of sp³-hybridized carbons (Fsp3) is 0.286. The van der Waals surface area contributed by atoms with Crippen molar-refractivity contribution in [1.82, 2.24) is 5.43 Å². The van der Waals surface area contributed by atoms with Crippen LogP contribution >= 0.6 is 0 Å². The highest BCUT2D eigenvalue weighted by Crippen LogP contribution is 2.32. The molecular weight excluding hydrogens is 390 g/mol. The maximum Gasteiger partial charge on any atom is 0.277 e. The minimum Gasteiger partial charge on any atom is -0.497 e. The van der Waals surface area contributed by atoms with Crippen LogP contribution in [0.1, 0.15) is 13.3 Å². The van der Waals surface area contributed by atoms with Crippen molar-refractivity contribution < 1.29 is 28.5 Å². The average molecular weight is 413 g/mol. The van der Waals surface area contributed by atoms with Gasteiger partial charge in [-0.3, -0.25) is 9.59 Å². The summed E-state index contributed by atoms with van der Waals surface area (Å²) in [7, 11) is 1.55. The minimum absolute atomic E-state index is 0.0193. The molecule has 1 aliphatic heterocycles. The predicted molar refractivity (Wildman–Crippen MR) is 110 cm³/mol. The minimum atomic E-state index is -0.440. The molecule has 3 rings (SSSR count). The Bertz CT molecular complexity index is 944. The van der Waals surface area contributed by atoms with Crippen molar-refractivity contribution in [2.75, 3.05) is 32.2 Å². The zero-order valence-corrected chi connectivity index (χ0v) is 16.8. The van der Waals surface area contributed by atoms with E-state index in [1.807, 2.05) is 0 Å². The Hall–Kier alpha value is -3.75. The van der Waals surface area contributed by atoms with Gasteiger partial charge in [0.25, 0.3) is 5.91 Å². The van der Waals surface area contributed by atoms with E-state index in [2.05, 4.69) is 15.8 Å². The predicted octanol–water partition coefficient (Wildman–Crippen LogP) is 2.37. The van der Waals surface area contributed by atoms with Crippen molar-refractivity contribution in [3.63, 3.8) is 0 Å². The van der Waals surface area contributed by atoms with Gasteiger partial charge in [-0.1, -0.05) is 6.07 Å². The molecule has 0 saturated carbocycles. The lowest BCUT2D eigenvalue weighted by molar-refractivity contribution is -0.123. The number of anilines is 1. The van der Waals surface area contributed by atoms with E-state index in [4.69, 9.17) is 18.9 Å². The Labute approximate surface area is 174 Å². The van der Waals surface area contributed by atoms with Crippen molar-refractivity contribution in [3.05, 3.63) is 42.5 Å². The molecule has 0 radical (unpaired) electrons. The largest absolute Gasteiger partial charge is 0.497 e. The molecular formula is C21H23N3O6. The lowest BCUT2D eigenvalue weighted by atomic mass is 10.2. The molecule has 0 saturated heterocycles. The number of carbonyl (C=O) groups is 2. The zero-order valence-electron chi connectivity index (χ0n) is 16.8. The number of amides is 2. The van der Waals surface area contributed by atoms with E-state index in [0.717, 1.165) is 0 Å². The number of hydrogen-bond donors (Lipinski definition) is 2. The number of ether oxygens (including phenoxy) is 4. The smallest absolute Gasteiger partial charge is 0.277 e. The molecule has 2 aromatic rings. The van der Waals surface area contributed by atoms with Crippen molar-refractivity contribution in [2.24, 2.45) is 5.10 Å². The van der Waals surface area contributed by atoms with Crippen LogP contribution in [0.2, 0.25) is 0 Å². The molecule has 158 valence electrons. The average Bonchev–Trinajstić information content (AvgIpc) is 2.76. The van der Waals surface area contributed by atoms with Crippen LogP contribution in [-0.4, -0.2) is 44.5 Å². The van der Waals surface area contributed by atoms with E-state index in [0.29, 0.717) is 47.6 Å². The first-order valence-electron chi connectivity index (χ1n) is 9.32. The molecule has 30 heavy (non-hydrogen) atoms. The number of methoxy groups -OCH3 is 1. The number of hydrazone groups is 1. The Balaban J connectivity index is 1.43. The Morgan fingerprint density at radius 1 is 1.03 bits per heavy atom. The number of nitrogens with zero attached hydrogens (tertiary/aromatic N) is 1. The molecule has 2 amide bonds. The van der Waals surface area contributed by atoms with Crippen LogP contribution in [0.5, 0.6) is 23.0 Å². The van der Waals surface area contributed by atoms with Crippen LogP contribution in [0.4, 0.5) is 5.69 Å². The maximum absolute atomic E-state index is 12.2. The van der Waals surface area contributed by atoms with Gasteiger partial charge in [0.2, 0.25) is 5.91 Å². The molecule has 2 aromatic carbocycles. The van der Waals surface area contributed by atoms with Gasteiger partial charge < -0.3 is 24.3 Å². The summed E-state index contributed by atoms with van der Waals surface area (Å²) in [6, 6.07) is 12.1. The second kappa shape index (κ2) is 10.1. The van der Waals surface area contributed by atoms with Crippen molar-refractivity contribution >= 4 is 23.2 Å². The lowest BCUT2D eigenvalue weighted by Gasteiger charge is -2.19. The molecule has 0 aliphatic carbocycles. The molecule has 1 heterocycles. The first kappa shape index (κ1) is 21.0. The van der Waals surface area contributed by atoms with E-state index >= 15 is 0 Å². The monoisotopic (exact) mass is 413 g/mol. The topological polar surface area (TPSA) is 107 Å². The summed E-state index contributed by atoms with van der Waals surface area (Å²) < 4.78 is 21.4. The van der Waals surface area contributed by atoms with Gasteiger partial charge in [0.05, 0.1) is 13.5 Å². The standard InChI is InChI=1S/C21H23N3O6/c1-14(23-24-21(26)13-30-17-5-3-4-16(12-17)27-2)10-20(25)22-15-6-7-18-19(11-15)29-9-8-28-18/h3-7,11-12H,8-10,13H2,1-2H3,(H,22,25)(H,24,26). The number of nitrogens with one attached hydrogen (secondary N) is 2. The Morgan fingerprint density at radius 3 is 2.60 bits per heavy atom. The van der Waals surface area contributed by atoms with E-state index in [-0.39, 0.29) is 18.9 Å². The summed E-state index contributed by atoms with van der Waals surface area (Å²) in [5.41, 5.74) is 3.40. The molecule has 9 heteroatoms. The van der Waals surface area contributed by atoms with Crippen molar-refractivity contribution in [3.8, 4) is 23.0 Å². The molecule has 0 atom stereocenters. The van der Waals surface area contributed by atoms with E-state index in [1.54, 1.807) is 56.5 Å². The molecule has 9 nitrogen and oxygen atoms in total. The first-order chi connectivity index (χ1) is 14.5. The van der Waals surface area contributed by atoms with Crippen LogP contribution in [-0.2, 0) is 9.59 Å². The summed E-state index contributed by atoms with van der Waals surface area (Å²) in [5.74, 6) is 1.66. The van der Waals surface area contributed by atoms with Gasteiger partial charge in [-0.2, -0.15) is 5.10 Å². The van der Waals surface area contributed by atoms with Gasteiger partial charge in [0.1, 0.15) is 24.7 Å². The van der Waals surface area contributed by atoms with Crippen molar-refractivity contribution in [2.45, 2.75) is 13.3 Å². The van der Waals surface area contributed by atoms with Gasteiger partial charge in [-0.15, -0.1) is 0 Å². The highest BCUT2D eigenvalue weighted by Gasteiger charge is 2.13. The maximum atomic E-state index is 12.2. The van der Waals surface area contributed by atoms with Crippen LogP contribution in [0, 0.1) is 0 Å². The van der Waals surface area contributed by atoms with Gasteiger partial charge in [0.15, 0.2) is 18.1 Å². The number of fused-ring (bicyclic) bond motifs is 1. The summed E-state index contributed by atoms with van der Waals surface area (Å²) in [5, 5.41) is 6.69. The fourth-order valence-electron chi connectivity index (χ4n) is 2.63. The van der Waals surface area contributed by atoms with E-state index < -0.39 is 5.91 Å². The third kappa shape index (κ3) is 6.13. The van der Waals surface area contributed by atoms with Crippen LogP contribution in [0.3, 0.4) is 0 Å². The molecule has 0 fully saturated rings. The van der Waals surface area contributed by atoms with E-state index in [9.17, 15) is 9.59 Å². The number of hydrogen-bond acceptors (Lipinski definition) is 7. The van der Waals surface area contributed by atoms with Gasteiger partial charge in [0, 0.05) is 23.5 Å². The highest BCUT2D eigenvalue weighted by atomic mass is 16.6. The summed E-state index contributed by atoms with van der Waals surface area (Å²) in [6.45, 7) is 2.40. The second-order valence-corrected chi connectivity index (χ2v) is 6.43. The molecule has 0 bridgehead atoms. The van der Waals surface area contributed by atoms with Crippen molar-refractivity contribution in [1.29, 1.82) is 0 Å². The Morgan fingerprint density at radius 2 is 1.80 bits per heavy atom. The molecule has 0 aromatic heterocycles. The SMILES string of the molecule is COc1cccc(OCC(=O)NN=C(C)CC(=O)Nc2ccc3c(c2)OCCO3)c1. The summed E-state index contributed by atoms with van der Waals surface area (Å²) >= 11 is 0. The normalized spacial score (nSPS) is 12.7. The molecule has 0 unspecified atom stereocenters. The molecule has 0 spiro atoms. The van der Waals surface area contributed by atoms with Crippen LogP contribution < -0.4 is 29.7 Å². The number of carbonyl (C=O) groups excluding carboxylic acids is 2. The zero-order chi connectivity index (χ0) is 21.3.